The summed E-state index contributed by atoms with van der Waals surface area (Å²) in [4.78, 5) is 7.39. The average molecular weight is 318 g/mol. The summed E-state index contributed by atoms with van der Waals surface area (Å²) in [6.45, 7) is 1.63. The number of rotatable bonds is 4. The van der Waals surface area contributed by atoms with Crippen LogP contribution < -0.4 is 10.1 Å². The maximum Gasteiger partial charge on any atom is 0.423 e. The van der Waals surface area contributed by atoms with E-state index in [1.165, 1.54) is 0 Å². The van der Waals surface area contributed by atoms with Gasteiger partial charge < -0.3 is 10.1 Å². The zero-order chi connectivity index (χ0) is 15.5. The van der Waals surface area contributed by atoms with Crippen molar-refractivity contribution in [1.29, 1.82) is 0 Å². The van der Waals surface area contributed by atoms with Crippen LogP contribution in [0.15, 0.2) is 30.5 Å². The molecule has 0 aliphatic rings. The molecule has 0 saturated carbocycles. The Morgan fingerprint density at radius 1 is 1.29 bits per heavy atom. The van der Waals surface area contributed by atoms with Crippen LogP contribution in [0.4, 0.5) is 24.8 Å². The summed E-state index contributed by atoms with van der Waals surface area (Å²) in [6, 6.07) is 6.75. The van der Waals surface area contributed by atoms with E-state index in [9.17, 15) is 13.2 Å². The Hall–Kier alpha value is -2.02. The topological polar surface area (TPSA) is 47.0 Å². The predicted octanol–water partition coefficient (Wildman–Crippen LogP) is 4.29. The monoisotopic (exact) mass is 317 g/mol. The molecule has 0 bridgehead atoms. The molecule has 0 spiro atoms. The first kappa shape index (κ1) is 15.4. The number of ether oxygens (including phenoxy) is 1. The van der Waals surface area contributed by atoms with Crippen molar-refractivity contribution in [2.45, 2.75) is 13.1 Å². The SMILES string of the molecule is CCOc1nc(Nc2ccccc2Cl)ncc1C(F)(F)F. The fraction of sp³-hybridized carbons (Fsp3) is 0.231. The van der Waals surface area contributed by atoms with Crippen LogP contribution in [0.25, 0.3) is 0 Å². The molecule has 0 aliphatic carbocycles. The molecule has 0 unspecified atom stereocenters. The Kier molecular flexibility index (Phi) is 4.52. The van der Waals surface area contributed by atoms with Crippen molar-refractivity contribution in [1.82, 2.24) is 9.97 Å². The Morgan fingerprint density at radius 2 is 2.00 bits per heavy atom. The lowest BCUT2D eigenvalue weighted by Crippen LogP contribution is -2.12. The highest BCUT2D eigenvalue weighted by molar-refractivity contribution is 6.33. The van der Waals surface area contributed by atoms with Crippen molar-refractivity contribution in [2.24, 2.45) is 0 Å². The molecule has 0 atom stereocenters. The van der Waals surface area contributed by atoms with E-state index in [0.717, 1.165) is 0 Å². The summed E-state index contributed by atoms with van der Waals surface area (Å²) in [5.74, 6) is -0.547. The van der Waals surface area contributed by atoms with Crippen molar-refractivity contribution >= 4 is 23.2 Å². The minimum absolute atomic E-state index is 0.0282. The second-order valence-corrected chi connectivity index (χ2v) is 4.36. The number of halogens is 4. The van der Waals surface area contributed by atoms with Crippen LogP contribution in [0.1, 0.15) is 12.5 Å². The number of hydrogen-bond donors (Lipinski definition) is 1. The number of anilines is 2. The van der Waals surface area contributed by atoms with E-state index < -0.39 is 17.6 Å². The van der Waals surface area contributed by atoms with E-state index in [4.69, 9.17) is 16.3 Å². The van der Waals surface area contributed by atoms with Gasteiger partial charge in [0.15, 0.2) is 0 Å². The first-order valence-corrected chi connectivity index (χ1v) is 6.38. The summed E-state index contributed by atoms with van der Waals surface area (Å²) >= 11 is 5.95. The number of benzene rings is 1. The van der Waals surface area contributed by atoms with Crippen molar-refractivity contribution < 1.29 is 17.9 Å². The van der Waals surface area contributed by atoms with Crippen molar-refractivity contribution in [3.63, 3.8) is 0 Å². The minimum Gasteiger partial charge on any atom is -0.477 e. The average Bonchev–Trinajstić information content (AvgIpc) is 2.41. The van der Waals surface area contributed by atoms with Crippen LogP contribution in [-0.4, -0.2) is 16.6 Å². The van der Waals surface area contributed by atoms with Crippen LogP contribution in [0.2, 0.25) is 5.02 Å². The lowest BCUT2D eigenvalue weighted by molar-refractivity contribution is -0.139. The van der Waals surface area contributed by atoms with Gasteiger partial charge in [-0.05, 0) is 19.1 Å². The lowest BCUT2D eigenvalue weighted by atomic mass is 10.3. The van der Waals surface area contributed by atoms with Gasteiger partial charge in [-0.1, -0.05) is 23.7 Å². The quantitative estimate of drug-likeness (QED) is 0.913. The van der Waals surface area contributed by atoms with Crippen molar-refractivity contribution in [3.05, 3.63) is 41.0 Å². The normalized spacial score (nSPS) is 11.3. The smallest absolute Gasteiger partial charge is 0.423 e. The van der Waals surface area contributed by atoms with E-state index in [1.54, 1.807) is 31.2 Å². The summed E-state index contributed by atoms with van der Waals surface area (Å²) in [7, 11) is 0. The third-order valence-corrected chi connectivity index (χ3v) is 2.79. The van der Waals surface area contributed by atoms with Crippen LogP contribution in [0, 0.1) is 0 Å². The molecule has 1 heterocycles. The van der Waals surface area contributed by atoms with Gasteiger partial charge in [-0.2, -0.15) is 18.2 Å². The molecule has 21 heavy (non-hydrogen) atoms. The molecule has 0 saturated heterocycles. The van der Waals surface area contributed by atoms with E-state index >= 15 is 0 Å². The number of hydrogen-bond acceptors (Lipinski definition) is 4. The number of alkyl halides is 3. The van der Waals surface area contributed by atoms with E-state index in [1.807, 2.05) is 0 Å². The summed E-state index contributed by atoms with van der Waals surface area (Å²) in [5, 5.41) is 3.15. The van der Waals surface area contributed by atoms with E-state index in [0.29, 0.717) is 16.9 Å². The zero-order valence-corrected chi connectivity index (χ0v) is 11.7. The first-order valence-electron chi connectivity index (χ1n) is 6.00. The lowest BCUT2D eigenvalue weighted by Gasteiger charge is -2.13. The van der Waals surface area contributed by atoms with Gasteiger partial charge in [-0.15, -0.1) is 0 Å². The third kappa shape index (κ3) is 3.75. The van der Waals surface area contributed by atoms with Crippen molar-refractivity contribution in [3.8, 4) is 5.88 Å². The molecule has 8 heteroatoms. The molecule has 0 fully saturated rings. The second kappa shape index (κ2) is 6.17. The fourth-order valence-corrected chi connectivity index (χ4v) is 1.73. The van der Waals surface area contributed by atoms with Crippen molar-refractivity contribution in [2.75, 3.05) is 11.9 Å². The number of nitrogens with zero attached hydrogens (tertiary/aromatic N) is 2. The molecule has 0 amide bonds. The van der Waals surface area contributed by atoms with Gasteiger partial charge in [0, 0.05) is 6.20 Å². The fourth-order valence-electron chi connectivity index (χ4n) is 1.55. The Balaban J connectivity index is 2.34. The Bertz CT molecular complexity index is 634. The zero-order valence-electron chi connectivity index (χ0n) is 10.9. The molecular formula is C13H11ClF3N3O. The molecule has 4 nitrogen and oxygen atoms in total. The summed E-state index contributed by atoms with van der Waals surface area (Å²) < 4.78 is 43.3. The predicted molar refractivity (Wildman–Crippen MR) is 72.9 cm³/mol. The number of aromatic nitrogens is 2. The molecule has 1 aromatic heterocycles. The molecule has 1 N–H and O–H groups in total. The van der Waals surface area contributed by atoms with Gasteiger partial charge in [-0.3, -0.25) is 0 Å². The molecule has 1 aromatic carbocycles. The van der Waals surface area contributed by atoms with Gasteiger partial charge in [0.2, 0.25) is 11.8 Å². The first-order chi connectivity index (χ1) is 9.91. The second-order valence-electron chi connectivity index (χ2n) is 3.95. The third-order valence-electron chi connectivity index (χ3n) is 2.46. The van der Waals surface area contributed by atoms with Gasteiger partial charge in [0.05, 0.1) is 17.3 Å². The number of para-hydroxylation sites is 1. The minimum atomic E-state index is -4.58. The summed E-state index contributed by atoms with van der Waals surface area (Å²) in [5.41, 5.74) is -0.532. The standard InChI is InChI=1S/C13H11ClF3N3O/c1-2-21-11-8(13(15,16)17)7-18-12(20-11)19-10-6-4-3-5-9(10)14/h3-7H,2H2,1H3,(H,18,19,20). The molecule has 112 valence electrons. The van der Waals surface area contributed by atoms with Crippen LogP contribution in [-0.2, 0) is 6.18 Å². The Labute approximate surface area is 123 Å². The van der Waals surface area contributed by atoms with Crippen LogP contribution in [0.5, 0.6) is 5.88 Å². The maximum absolute atomic E-state index is 12.8. The number of nitrogens with one attached hydrogen (secondary N) is 1. The van der Waals surface area contributed by atoms with Crippen LogP contribution >= 0.6 is 11.6 Å². The molecule has 2 rings (SSSR count). The Morgan fingerprint density at radius 3 is 2.62 bits per heavy atom. The van der Waals surface area contributed by atoms with Crippen LogP contribution in [0.3, 0.4) is 0 Å². The largest absolute Gasteiger partial charge is 0.477 e. The highest BCUT2D eigenvalue weighted by atomic mass is 35.5. The highest BCUT2D eigenvalue weighted by Gasteiger charge is 2.36. The summed E-state index contributed by atoms with van der Waals surface area (Å²) in [6.07, 6.45) is -3.90. The molecule has 0 radical (unpaired) electrons. The van der Waals surface area contributed by atoms with Gasteiger partial charge in [0.25, 0.3) is 0 Å². The molecular weight excluding hydrogens is 307 g/mol. The van der Waals surface area contributed by atoms with E-state index in [2.05, 4.69) is 15.3 Å². The maximum atomic E-state index is 12.8. The molecule has 0 aliphatic heterocycles. The van der Waals surface area contributed by atoms with Gasteiger partial charge in [-0.25, -0.2) is 4.98 Å². The highest BCUT2D eigenvalue weighted by Crippen LogP contribution is 2.35. The van der Waals surface area contributed by atoms with Gasteiger partial charge in [0.1, 0.15) is 5.56 Å². The molecule has 2 aromatic rings. The van der Waals surface area contributed by atoms with Gasteiger partial charge >= 0.3 is 6.18 Å². The van der Waals surface area contributed by atoms with E-state index in [-0.39, 0.29) is 12.6 Å².